The molecule has 0 saturated carbocycles. The van der Waals surface area contributed by atoms with Crippen molar-refractivity contribution in [2.75, 3.05) is 19.8 Å². The molecule has 0 N–H and O–H groups in total. The highest BCUT2D eigenvalue weighted by molar-refractivity contribution is 5.78. The quantitative estimate of drug-likeness (QED) is 0.436. The van der Waals surface area contributed by atoms with Crippen molar-refractivity contribution in [3.05, 3.63) is 12.7 Å². The molecule has 1 unspecified atom stereocenters. The van der Waals surface area contributed by atoms with E-state index >= 15 is 0 Å². The molecule has 1 heterocycles. The fraction of sp³-hybridized carbons (Fsp3) is 0.714. The number of carbonyl (C=O) groups is 2. The molecule has 1 atom stereocenters. The van der Waals surface area contributed by atoms with E-state index in [2.05, 4.69) is 6.58 Å². The van der Waals surface area contributed by atoms with Crippen LogP contribution < -0.4 is 0 Å². The first-order valence-corrected chi connectivity index (χ1v) is 6.50. The van der Waals surface area contributed by atoms with Crippen LogP contribution in [-0.2, 0) is 14.3 Å². The van der Waals surface area contributed by atoms with Gasteiger partial charge in [-0.15, -0.1) is 6.58 Å². The van der Waals surface area contributed by atoms with E-state index < -0.39 is 17.2 Å². The normalized spacial score (nSPS) is 23.2. The van der Waals surface area contributed by atoms with Gasteiger partial charge in [-0.05, 0) is 33.6 Å². The third-order valence-corrected chi connectivity index (χ3v) is 2.95. The van der Waals surface area contributed by atoms with Crippen LogP contribution in [0.25, 0.3) is 0 Å². The Bertz CT molecular complexity index is 348. The Hall–Kier alpha value is -1.36. The van der Waals surface area contributed by atoms with Gasteiger partial charge in [0.15, 0.2) is 0 Å². The number of hydrogen-bond donors (Lipinski definition) is 0. The van der Waals surface area contributed by atoms with Gasteiger partial charge < -0.3 is 14.3 Å². The lowest BCUT2D eigenvalue weighted by Crippen LogP contribution is -2.53. The van der Waals surface area contributed by atoms with Gasteiger partial charge in [-0.1, -0.05) is 6.08 Å². The van der Waals surface area contributed by atoms with Crippen molar-refractivity contribution < 1.29 is 19.1 Å². The van der Waals surface area contributed by atoms with Crippen LogP contribution in [0.1, 0.15) is 33.6 Å². The van der Waals surface area contributed by atoms with Gasteiger partial charge in [-0.3, -0.25) is 4.90 Å². The molecule has 5 nitrogen and oxygen atoms in total. The lowest BCUT2D eigenvalue weighted by molar-refractivity contribution is -0.120. The molecule has 19 heavy (non-hydrogen) atoms. The lowest BCUT2D eigenvalue weighted by Gasteiger charge is -2.34. The van der Waals surface area contributed by atoms with E-state index in [1.807, 2.05) is 0 Å². The van der Waals surface area contributed by atoms with Gasteiger partial charge in [0.2, 0.25) is 0 Å². The molecule has 0 bridgehead atoms. The number of likely N-dealkylation sites (tertiary alicyclic amines) is 1. The van der Waals surface area contributed by atoms with Crippen LogP contribution in [0.3, 0.4) is 0 Å². The van der Waals surface area contributed by atoms with E-state index in [1.165, 1.54) is 4.90 Å². The largest absolute Gasteiger partial charge is 0.444 e. The standard InChI is InChI=1S/C14H23NO4/c1-5-9-18-11-14(10-16)7-6-8-15(14)12(17)19-13(2,3)4/h5,10H,1,6-9,11H2,2-4H3. The third kappa shape index (κ3) is 4.06. The van der Waals surface area contributed by atoms with Gasteiger partial charge in [0, 0.05) is 6.54 Å². The highest BCUT2D eigenvalue weighted by Crippen LogP contribution is 2.29. The van der Waals surface area contributed by atoms with Crippen molar-refractivity contribution >= 4 is 12.4 Å². The summed E-state index contributed by atoms with van der Waals surface area (Å²) in [5.41, 5.74) is -1.47. The summed E-state index contributed by atoms with van der Waals surface area (Å²) in [5, 5.41) is 0. The molecule has 1 aliphatic rings. The summed E-state index contributed by atoms with van der Waals surface area (Å²) in [5.74, 6) is 0. The molecule has 0 aromatic carbocycles. The molecule has 1 saturated heterocycles. The predicted octanol–water partition coefficient (Wildman–Crippen LogP) is 2.16. The van der Waals surface area contributed by atoms with E-state index in [4.69, 9.17) is 9.47 Å². The maximum absolute atomic E-state index is 12.1. The number of amides is 1. The Morgan fingerprint density at radius 2 is 2.16 bits per heavy atom. The second-order valence-electron chi connectivity index (χ2n) is 5.76. The molecule has 0 aliphatic carbocycles. The number of rotatable bonds is 5. The highest BCUT2D eigenvalue weighted by atomic mass is 16.6. The topological polar surface area (TPSA) is 55.8 Å². The van der Waals surface area contributed by atoms with E-state index in [9.17, 15) is 9.59 Å². The summed E-state index contributed by atoms with van der Waals surface area (Å²) in [4.78, 5) is 25.1. The molecule has 0 radical (unpaired) electrons. The Labute approximate surface area is 114 Å². The van der Waals surface area contributed by atoms with Gasteiger partial charge in [0.1, 0.15) is 17.4 Å². The number of ether oxygens (including phenoxy) is 2. The minimum atomic E-state index is -0.897. The van der Waals surface area contributed by atoms with Crippen LogP contribution in [0.5, 0.6) is 0 Å². The zero-order valence-corrected chi connectivity index (χ0v) is 12.0. The first kappa shape index (κ1) is 15.7. The predicted molar refractivity (Wildman–Crippen MR) is 72.0 cm³/mol. The van der Waals surface area contributed by atoms with Crippen molar-refractivity contribution in [1.82, 2.24) is 4.90 Å². The van der Waals surface area contributed by atoms with E-state index in [0.29, 0.717) is 19.6 Å². The summed E-state index contributed by atoms with van der Waals surface area (Å²) < 4.78 is 10.7. The first-order valence-electron chi connectivity index (χ1n) is 6.50. The van der Waals surface area contributed by atoms with Crippen molar-refractivity contribution in [3.63, 3.8) is 0 Å². The molecule has 108 valence electrons. The Morgan fingerprint density at radius 3 is 2.68 bits per heavy atom. The number of nitrogens with zero attached hydrogens (tertiary/aromatic N) is 1. The molecule has 1 aliphatic heterocycles. The monoisotopic (exact) mass is 269 g/mol. The fourth-order valence-electron chi connectivity index (χ4n) is 2.12. The second-order valence-corrected chi connectivity index (χ2v) is 5.76. The molecule has 0 spiro atoms. The van der Waals surface area contributed by atoms with Gasteiger partial charge >= 0.3 is 6.09 Å². The molecular formula is C14H23NO4. The smallest absolute Gasteiger partial charge is 0.411 e. The fourth-order valence-corrected chi connectivity index (χ4v) is 2.12. The zero-order chi connectivity index (χ0) is 14.5. The van der Waals surface area contributed by atoms with Crippen molar-refractivity contribution in [3.8, 4) is 0 Å². The average Bonchev–Trinajstić information content (AvgIpc) is 2.72. The van der Waals surface area contributed by atoms with Crippen LogP contribution >= 0.6 is 0 Å². The van der Waals surface area contributed by atoms with Gasteiger partial charge in [0.05, 0.1) is 13.2 Å². The SMILES string of the molecule is C=CCOCC1(C=O)CCCN1C(=O)OC(C)(C)C. The average molecular weight is 269 g/mol. The molecule has 0 aromatic heterocycles. The van der Waals surface area contributed by atoms with E-state index in [-0.39, 0.29) is 6.61 Å². The van der Waals surface area contributed by atoms with Gasteiger partial charge in [-0.25, -0.2) is 4.79 Å². The Balaban J connectivity index is 2.76. The second kappa shape index (κ2) is 6.19. The maximum atomic E-state index is 12.1. The van der Waals surface area contributed by atoms with Gasteiger partial charge in [-0.2, -0.15) is 0 Å². The minimum Gasteiger partial charge on any atom is -0.444 e. The maximum Gasteiger partial charge on any atom is 0.411 e. The number of carbonyl (C=O) groups excluding carboxylic acids is 2. The van der Waals surface area contributed by atoms with Crippen LogP contribution in [0.15, 0.2) is 12.7 Å². The lowest BCUT2D eigenvalue weighted by atomic mass is 10.00. The highest BCUT2D eigenvalue weighted by Gasteiger charge is 2.45. The Morgan fingerprint density at radius 1 is 1.47 bits per heavy atom. The van der Waals surface area contributed by atoms with Crippen LogP contribution in [0.4, 0.5) is 4.79 Å². The summed E-state index contributed by atoms with van der Waals surface area (Å²) in [7, 11) is 0. The number of hydrogen-bond acceptors (Lipinski definition) is 4. The summed E-state index contributed by atoms with van der Waals surface area (Å²) >= 11 is 0. The molecule has 1 rings (SSSR count). The molecule has 0 aromatic rings. The third-order valence-electron chi connectivity index (χ3n) is 2.95. The van der Waals surface area contributed by atoms with Crippen molar-refractivity contribution in [2.45, 2.75) is 44.8 Å². The summed E-state index contributed by atoms with van der Waals surface area (Å²) in [6, 6.07) is 0. The molecular weight excluding hydrogens is 246 g/mol. The van der Waals surface area contributed by atoms with Crippen molar-refractivity contribution in [1.29, 1.82) is 0 Å². The van der Waals surface area contributed by atoms with Gasteiger partial charge in [0.25, 0.3) is 0 Å². The van der Waals surface area contributed by atoms with E-state index in [1.54, 1.807) is 26.8 Å². The van der Waals surface area contributed by atoms with E-state index in [0.717, 1.165) is 12.7 Å². The van der Waals surface area contributed by atoms with Crippen LogP contribution in [0, 0.1) is 0 Å². The Kier molecular flexibility index (Phi) is 5.11. The molecule has 5 heteroatoms. The molecule has 1 fully saturated rings. The van der Waals surface area contributed by atoms with Crippen molar-refractivity contribution in [2.24, 2.45) is 0 Å². The summed E-state index contributed by atoms with van der Waals surface area (Å²) in [6.45, 7) is 10.0. The zero-order valence-electron chi connectivity index (χ0n) is 12.0. The van der Waals surface area contributed by atoms with Crippen LogP contribution in [-0.4, -0.2) is 48.2 Å². The first-order chi connectivity index (χ1) is 8.84. The number of aldehydes is 1. The minimum absolute atomic E-state index is 0.182. The summed E-state index contributed by atoms with van der Waals surface area (Å²) in [6.07, 6.45) is 3.33. The molecule has 1 amide bonds. The van der Waals surface area contributed by atoms with Crippen LogP contribution in [0.2, 0.25) is 0 Å².